The Kier molecular flexibility index (Phi) is 2.52. The van der Waals surface area contributed by atoms with E-state index in [-0.39, 0.29) is 0 Å². The quantitative estimate of drug-likeness (QED) is 0.863. The minimum absolute atomic E-state index is 0.415. The maximum absolute atomic E-state index is 10.0. The first-order valence-corrected chi connectivity index (χ1v) is 5.13. The van der Waals surface area contributed by atoms with Crippen molar-refractivity contribution in [3.8, 4) is 11.5 Å². The second-order valence-corrected chi connectivity index (χ2v) is 4.07. The van der Waals surface area contributed by atoms with Crippen LogP contribution in [0.3, 0.4) is 0 Å². The summed E-state index contributed by atoms with van der Waals surface area (Å²) in [6, 6.07) is 3.55. The molecular formula is C11H13ClO3. The summed E-state index contributed by atoms with van der Waals surface area (Å²) in [7, 11) is 3.09. The predicted molar refractivity (Wildman–Crippen MR) is 57.7 cm³/mol. The third-order valence-electron chi connectivity index (χ3n) is 2.71. The van der Waals surface area contributed by atoms with E-state index in [4.69, 9.17) is 21.1 Å². The molecule has 0 amide bonds. The number of benzene rings is 1. The second kappa shape index (κ2) is 3.58. The van der Waals surface area contributed by atoms with Crippen molar-refractivity contribution < 1.29 is 14.6 Å². The van der Waals surface area contributed by atoms with Crippen LogP contribution in [0.15, 0.2) is 12.1 Å². The van der Waals surface area contributed by atoms with Crippen LogP contribution in [-0.2, 0) is 5.60 Å². The van der Waals surface area contributed by atoms with Crippen molar-refractivity contribution in [3.05, 3.63) is 22.7 Å². The average Bonchev–Trinajstić information content (AvgIpc) is 2.97. The zero-order valence-electron chi connectivity index (χ0n) is 8.71. The molecule has 0 aromatic heterocycles. The molecule has 1 N–H and O–H groups in total. The molecule has 1 aromatic carbocycles. The van der Waals surface area contributed by atoms with Gasteiger partial charge in [0.1, 0.15) is 16.5 Å². The molecule has 0 saturated heterocycles. The molecule has 0 bridgehead atoms. The second-order valence-electron chi connectivity index (χ2n) is 3.69. The highest BCUT2D eigenvalue weighted by molar-refractivity contribution is 6.33. The highest BCUT2D eigenvalue weighted by Crippen LogP contribution is 2.51. The Morgan fingerprint density at radius 1 is 1.27 bits per heavy atom. The maximum Gasteiger partial charge on any atom is 0.147 e. The lowest BCUT2D eigenvalue weighted by molar-refractivity contribution is 0.147. The molecule has 1 saturated carbocycles. The van der Waals surface area contributed by atoms with Crippen molar-refractivity contribution >= 4 is 11.6 Å². The minimum atomic E-state index is -0.749. The van der Waals surface area contributed by atoms with E-state index in [9.17, 15) is 5.11 Å². The lowest BCUT2D eigenvalue weighted by atomic mass is 10.1. The predicted octanol–water partition coefficient (Wildman–Crippen LogP) is 2.34. The third-order valence-corrected chi connectivity index (χ3v) is 3.07. The summed E-state index contributed by atoms with van der Waals surface area (Å²) in [6.45, 7) is 0. The average molecular weight is 229 g/mol. The van der Waals surface area contributed by atoms with Crippen LogP contribution in [0.25, 0.3) is 0 Å². The summed E-state index contributed by atoms with van der Waals surface area (Å²) in [4.78, 5) is 0. The number of aliphatic hydroxyl groups is 1. The van der Waals surface area contributed by atoms with Crippen molar-refractivity contribution in [1.29, 1.82) is 0 Å². The summed E-state index contributed by atoms with van der Waals surface area (Å²) < 4.78 is 10.3. The SMILES string of the molecule is COc1ccc(C2(O)CC2)c(OC)c1Cl. The molecule has 1 aromatic rings. The Hall–Kier alpha value is -0.930. The Labute approximate surface area is 93.6 Å². The first kappa shape index (κ1) is 10.6. The van der Waals surface area contributed by atoms with Crippen LogP contribution >= 0.6 is 11.6 Å². The topological polar surface area (TPSA) is 38.7 Å². The number of hydrogen-bond donors (Lipinski definition) is 1. The standard InChI is InChI=1S/C11H13ClO3/c1-14-8-4-3-7(11(13)5-6-11)10(15-2)9(8)12/h3-4,13H,5-6H2,1-2H3. The van der Waals surface area contributed by atoms with E-state index in [1.165, 1.54) is 7.11 Å². The molecule has 82 valence electrons. The van der Waals surface area contributed by atoms with Crippen LogP contribution in [0.2, 0.25) is 5.02 Å². The monoisotopic (exact) mass is 228 g/mol. The van der Waals surface area contributed by atoms with E-state index in [0.717, 1.165) is 18.4 Å². The lowest BCUT2D eigenvalue weighted by Gasteiger charge is -2.16. The number of hydrogen-bond acceptors (Lipinski definition) is 3. The van der Waals surface area contributed by atoms with E-state index in [1.807, 2.05) is 0 Å². The lowest BCUT2D eigenvalue weighted by Crippen LogP contribution is -2.07. The molecule has 4 heteroatoms. The highest BCUT2D eigenvalue weighted by Gasteiger charge is 2.45. The summed E-state index contributed by atoms with van der Waals surface area (Å²) >= 11 is 6.09. The van der Waals surface area contributed by atoms with Gasteiger partial charge in [-0.3, -0.25) is 0 Å². The smallest absolute Gasteiger partial charge is 0.147 e. The van der Waals surface area contributed by atoms with Crippen molar-refractivity contribution in [2.75, 3.05) is 14.2 Å². The van der Waals surface area contributed by atoms with Gasteiger partial charge in [-0.15, -0.1) is 0 Å². The van der Waals surface area contributed by atoms with Crippen LogP contribution in [0.1, 0.15) is 18.4 Å². The number of rotatable bonds is 3. The molecule has 0 aliphatic heterocycles. The van der Waals surface area contributed by atoms with Gasteiger partial charge in [0.05, 0.1) is 19.8 Å². The molecule has 1 aliphatic carbocycles. The zero-order chi connectivity index (χ0) is 11.1. The molecule has 2 rings (SSSR count). The first-order valence-electron chi connectivity index (χ1n) is 4.76. The Morgan fingerprint density at radius 3 is 2.40 bits per heavy atom. The largest absolute Gasteiger partial charge is 0.495 e. The maximum atomic E-state index is 10.0. The van der Waals surface area contributed by atoms with Crippen LogP contribution in [-0.4, -0.2) is 19.3 Å². The zero-order valence-corrected chi connectivity index (χ0v) is 9.47. The van der Waals surface area contributed by atoms with Crippen LogP contribution in [0.5, 0.6) is 11.5 Å². The summed E-state index contributed by atoms with van der Waals surface area (Å²) in [5, 5.41) is 10.4. The number of methoxy groups -OCH3 is 2. The fourth-order valence-electron chi connectivity index (χ4n) is 1.65. The van der Waals surface area contributed by atoms with Gasteiger partial charge in [0.25, 0.3) is 0 Å². The van der Waals surface area contributed by atoms with Crippen molar-refractivity contribution in [2.24, 2.45) is 0 Å². The summed E-state index contributed by atoms with van der Waals surface area (Å²) in [6.07, 6.45) is 1.51. The molecule has 0 heterocycles. The van der Waals surface area contributed by atoms with Crippen molar-refractivity contribution in [1.82, 2.24) is 0 Å². The number of halogens is 1. The van der Waals surface area contributed by atoms with Gasteiger partial charge < -0.3 is 14.6 Å². The van der Waals surface area contributed by atoms with E-state index < -0.39 is 5.60 Å². The molecule has 15 heavy (non-hydrogen) atoms. The molecule has 3 nitrogen and oxygen atoms in total. The summed E-state index contributed by atoms with van der Waals surface area (Å²) in [5.74, 6) is 1.07. The van der Waals surface area contributed by atoms with Crippen molar-refractivity contribution in [3.63, 3.8) is 0 Å². The normalized spacial score (nSPS) is 17.3. The first-order chi connectivity index (χ1) is 7.12. The number of ether oxygens (including phenoxy) is 2. The van der Waals surface area contributed by atoms with Gasteiger partial charge in [-0.25, -0.2) is 0 Å². The van der Waals surface area contributed by atoms with Gasteiger partial charge >= 0.3 is 0 Å². The van der Waals surface area contributed by atoms with E-state index in [1.54, 1.807) is 19.2 Å². The van der Waals surface area contributed by atoms with Gasteiger partial charge in [-0.05, 0) is 25.0 Å². The van der Waals surface area contributed by atoms with Gasteiger partial charge in [0.15, 0.2) is 0 Å². The van der Waals surface area contributed by atoms with Crippen LogP contribution in [0, 0.1) is 0 Å². The molecule has 0 spiro atoms. The van der Waals surface area contributed by atoms with Gasteiger partial charge in [-0.2, -0.15) is 0 Å². The van der Waals surface area contributed by atoms with Gasteiger partial charge in [-0.1, -0.05) is 11.6 Å². The van der Waals surface area contributed by atoms with Gasteiger partial charge in [0, 0.05) is 5.56 Å². The molecule has 1 fully saturated rings. The van der Waals surface area contributed by atoms with Crippen molar-refractivity contribution in [2.45, 2.75) is 18.4 Å². The molecule has 0 atom stereocenters. The highest BCUT2D eigenvalue weighted by atomic mass is 35.5. The minimum Gasteiger partial charge on any atom is -0.495 e. The van der Waals surface area contributed by atoms with E-state index in [2.05, 4.69) is 0 Å². The Morgan fingerprint density at radius 2 is 1.93 bits per heavy atom. The Bertz CT molecular complexity index is 386. The van der Waals surface area contributed by atoms with Crippen LogP contribution < -0.4 is 9.47 Å². The molecule has 0 unspecified atom stereocenters. The van der Waals surface area contributed by atoms with E-state index >= 15 is 0 Å². The Balaban J connectivity index is 2.52. The molecule has 1 aliphatic rings. The van der Waals surface area contributed by atoms with E-state index in [0.29, 0.717) is 16.5 Å². The fourth-order valence-corrected chi connectivity index (χ4v) is 1.97. The fraction of sp³-hybridized carbons (Fsp3) is 0.455. The van der Waals surface area contributed by atoms with Gasteiger partial charge in [0.2, 0.25) is 0 Å². The summed E-state index contributed by atoms with van der Waals surface area (Å²) in [5.41, 5.74) is -0.00264. The molecular weight excluding hydrogens is 216 g/mol. The molecule has 0 radical (unpaired) electrons. The third kappa shape index (κ3) is 1.66. The van der Waals surface area contributed by atoms with Crippen LogP contribution in [0.4, 0.5) is 0 Å².